The molecule has 1 heterocycles. The summed E-state index contributed by atoms with van der Waals surface area (Å²) in [4.78, 5) is 22.4. The zero-order chi connectivity index (χ0) is 11.9. The molecule has 82 valence electrons. The van der Waals surface area contributed by atoms with Gasteiger partial charge in [0.15, 0.2) is 5.43 Å². The van der Waals surface area contributed by atoms with E-state index in [-0.39, 0.29) is 11.2 Å². The van der Waals surface area contributed by atoms with Gasteiger partial charge in [0.1, 0.15) is 5.58 Å². The lowest BCUT2D eigenvalue weighted by molar-refractivity contribution is 0.0663. The summed E-state index contributed by atoms with van der Waals surface area (Å²) in [5.74, 6) is -1.57. The molecule has 4 heteroatoms. The Hall–Kier alpha value is -2.10. The molecule has 0 saturated carbocycles. The van der Waals surface area contributed by atoms with Crippen LogP contribution in [0.2, 0.25) is 0 Å². The topological polar surface area (TPSA) is 67.5 Å². The first-order valence-corrected chi connectivity index (χ1v) is 4.77. The summed E-state index contributed by atoms with van der Waals surface area (Å²) in [5.41, 5.74) is 1.91. The Kier molecular flexibility index (Phi) is 2.27. The second-order valence-corrected chi connectivity index (χ2v) is 3.71. The second-order valence-electron chi connectivity index (χ2n) is 3.71. The Morgan fingerprint density at radius 2 is 1.81 bits per heavy atom. The van der Waals surface area contributed by atoms with Crippen molar-refractivity contribution >= 4 is 16.9 Å². The first-order chi connectivity index (χ1) is 7.49. The van der Waals surface area contributed by atoms with Crippen molar-refractivity contribution in [2.45, 2.75) is 13.8 Å². The van der Waals surface area contributed by atoms with Gasteiger partial charge in [0, 0.05) is 6.07 Å². The third-order valence-corrected chi connectivity index (χ3v) is 2.55. The van der Waals surface area contributed by atoms with Crippen molar-refractivity contribution in [2.24, 2.45) is 0 Å². The van der Waals surface area contributed by atoms with E-state index in [9.17, 15) is 9.59 Å². The highest BCUT2D eigenvalue weighted by molar-refractivity contribution is 5.87. The second kappa shape index (κ2) is 3.48. The summed E-state index contributed by atoms with van der Waals surface area (Å²) in [6.45, 7) is 3.77. The number of carboxylic acids is 1. The monoisotopic (exact) mass is 218 g/mol. The number of hydrogen-bond acceptors (Lipinski definition) is 3. The molecule has 0 aliphatic carbocycles. The van der Waals surface area contributed by atoms with E-state index < -0.39 is 5.97 Å². The maximum absolute atomic E-state index is 11.6. The highest BCUT2D eigenvalue weighted by atomic mass is 16.4. The summed E-state index contributed by atoms with van der Waals surface area (Å²) in [7, 11) is 0. The van der Waals surface area contributed by atoms with E-state index in [1.54, 1.807) is 12.1 Å². The van der Waals surface area contributed by atoms with Crippen molar-refractivity contribution in [3.8, 4) is 0 Å². The number of carboxylic acid groups (broad SMARTS) is 1. The van der Waals surface area contributed by atoms with Crippen molar-refractivity contribution in [2.75, 3.05) is 0 Å². The van der Waals surface area contributed by atoms with Gasteiger partial charge in [-0.1, -0.05) is 0 Å². The van der Waals surface area contributed by atoms with Crippen LogP contribution < -0.4 is 5.43 Å². The first kappa shape index (κ1) is 10.4. The van der Waals surface area contributed by atoms with Crippen LogP contribution in [-0.4, -0.2) is 11.1 Å². The molecule has 0 aliphatic heterocycles. The van der Waals surface area contributed by atoms with Crippen molar-refractivity contribution in [1.29, 1.82) is 0 Å². The van der Waals surface area contributed by atoms with Crippen LogP contribution in [0.1, 0.15) is 21.7 Å². The zero-order valence-electron chi connectivity index (χ0n) is 8.90. The molecule has 1 aromatic heterocycles. The third-order valence-electron chi connectivity index (χ3n) is 2.55. The predicted molar refractivity (Wildman–Crippen MR) is 58.9 cm³/mol. The maximum atomic E-state index is 11.6. The van der Waals surface area contributed by atoms with Gasteiger partial charge >= 0.3 is 5.97 Å². The van der Waals surface area contributed by atoms with E-state index in [1.165, 1.54) is 0 Å². The van der Waals surface area contributed by atoms with E-state index >= 15 is 0 Å². The summed E-state index contributed by atoms with van der Waals surface area (Å²) in [6, 6.07) is 4.39. The SMILES string of the molecule is Cc1cc2oc(C(=O)O)cc(=O)c2cc1C. The van der Waals surface area contributed by atoms with Gasteiger partial charge in [-0.25, -0.2) is 4.79 Å². The molecule has 1 aromatic carbocycles. The molecule has 0 saturated heterocycles. The minimum Gasteiger partial charge on any atom is -0.475 e. The molecule has 0 bridgehead atoms. The summed E-state index contributed by atoms with van der Waals surface area (Å²) >= 11 is 0. The fourth-order valence-electron chi connectivity index (χ4n) is 1.52. The molecule has 0 amide bonds. The van der Waals surface area contributed by atoms with Crippen LogP contribution in [0.4, 0.5) is 0 Å². The van der Waals surface area contributed by atoms with Gasteiger partial charge in [-0.2, -0.15) is 0 Å². The molecular weight excluding hydrogens is 208 g/mol. The highest BCUT2D eigenvalue weighted by Crippen LogP contribution is 2.17. The first-order valence-electron chi connectivity index (χ1n) is 4.77. The standard InChI is InChI=1S/C12H10O4/c1-6-3-8-9(13)5-11(12(14)15)16-10(8)4-7(6)2/h3-5H,1-2H3,(H,14,15). The molecular formula is C12H10O4. The molecule has 16 heavy (non-hydrogen) atoms. The average molecular weight is 218 g/mol. The van der Waals surface area contributed by atoms with Crippen molar-refractivity contribution in [3.05, 3.63) is 45.3 Å². The molecule has 2 rings (SSSR count). The van der Waals surface area contributed by atoms with Crippen LogP contribution >= 0.6 is 0 Å². The van der Waals surface area contributed by atoms with E-state index in [4.69, 9.17) is 9.52 Å². The van der Waals surface area contributed by atoms with Gasteiger partial charge in [0.2, 0.25) is 5.76 Å². The van der Waals surface area contributed by atoms with E-state index in [0.29, 0.717) is 11.0 Å². The normalized spacial score (nSPS) is 10.6. The third kappa shape index (κ3) is 1.58. The van der Waals surface area contributed by atoms with Gasteiger partial charge in [-0.05, 0) is 37.1 Å². The summed E-state index contributed by atoms with van der Waals surface area (Å²) in [6.07, 6.45) is 0. The number of benzene rings is 1. The molecule has 0 aliphatic rings. The van der Waals surface area contributed by atoms with Gasteiger partial charge in [-0.15, -0.1) is 0 Å². The predicted octanol–water partition coefficient (Wildman–Crippen LogP) is 2.11. The Balaban J connectivity index is 2.88. The van der Waals surface area contributed by atoms with E-state index in [0.717, 1.165) is 17.2 Å². The Morgan fingerprint density at radius 3 is 2.44 bits per heavy atom. The minimum atomic E-state index is -1.24. The lowest BCUT2D eigenvalue weighted by Gasteiger charge is -2.03. The lowest BCUT2D eigenvalue weighted by Crippen LogP contribution is -2.06. The molecule has 4 nitrogen and oxygen atoms in total. The smallest absolute Gasteiger partial charge is 0.371 e. The molecule has 0 atom stereocenters. The fourth-order valence-corrected chi connectivity index (χ4v) is 1.52. The molecule has 2 aromatic rings. The van der Waals surface area contributed by atoms with E-state index in [1.807, 2.05) is 13.8 Å². The zero-order valence-corrected chi connectivity index (χ0v) is 8.90. The summed E-state index contributed by atoms with van der Waals surface area (Å²) < 4.78 is 5.14. The van der Waals surface area contributed by atoms with Crippen molar-refractivity contribution in [3.63, 3.8) is 0 Å². The minimum absolute atomic E-state index is 0.313. The molecule has 1 N–H and O–H groups in total. The van der Waals surface area contributed by atoms with Gasteiger partial charge in [0.05, 0.1) is 5.39 Å². The van der Waals surface area contributed by atoms with Gasteiger partial charge < -0.3 is 9.52 Å². The Morgan fingerprint density at radius 1 is 1.19 bits per heavy atom. The lowest BCUT2D eigenvalue weighted by atomic mass is 10.1. The van der Waals surface area contributed by atoms with Crippen LogP contribution in [0.15, 0.2) is 27.4 Å². The van der Waals surface area contributed by atoms with Crippen LogP contribution in [-0.2, 0) is 0 Å². The maximum Gasteiger partial charge on any atom is 0.371 e. The molecule has 0 radical (unpaired) electrons. The van der Waals surface area contributed by atoms with Gasteiger partial charge in [0.25, 0.3) is 0 Å². The number of hydrogen-bond donors (Lipinski definition) is 1. The van der Waals surface area contributed by atoms with Crippen molar-refractivity contribution in [1.82, 2.24) is 0 Å². The molecule has 0 unspecified atom stereocenters. The number of fused-ring (bicyclic) bond motifs is 1. The quantitative estimate of drug-likeness (QED) is 0.795. The molecule has 0 spiro atoms. The number of rotatable bonds is 1. The Labute approximate surface area is 91.1 Å². The average Bonchev–Trinajstić information content (AvgIpc) is 2.20. The van der Waals surface area contributed by atoms with E-state index in [2.05, 4.69) is 0 Å². The van der Waals surface area contributed by atoms with Gasteiger partial charge in [-0.3, -0.25) is 4.79 Å². The van der Waals surface area contributed by atoms with Crippen LogP contribution in [0.3, 0.4) is 0 Å². The number of aromatic carboxylic acids is 1. The van der Waals surface area contributed by atoms with Crippen LogP contribution in [0, 0.1) is 13.8 Å². The van der Waals surface area contributed by atoms with Crippen LogP contribution in [0.5, 0.6) is 0 Å². The number of carbonyl (C=O) groups is 1. The molecule has 0 fully saturated rings. The van der Waals surface area contributed by atoms with Crippen molar-refractivity contribution < 1.29 is 14.3 Å². The Bertz CT molecular complexity index is 637. The fraction of sp³-hybridized carbons (Fsp3) is 0.167. The largest absolute Gasteiger partial charge is 0.475 e. The number of aryl methyl sites for hydroxylation is 2. The highest BCUT2D eigenvalue weighted by Gasteiger charge is 2.11. The van der Waals surface area contributed by atoms with Crippen LogP contribution in [0.25, 0.3) is 11.0 Å². The summed E-state index contributed by atoms with van der Waals surface area (Å²) in [5, 5.41) is 9.17.